The lowest BCUT2D eigenvalue weighted by Crippen LogP contribution is -2.29. The van der Waals surface area contributed by atoms with Crippen molar-refractivity contribution < 1.29 is 9.90 Å². The largest absolute Gasteiger partial charge is 0.481 e. The molecule has 2 heteroatoms. The van der Waals surface area contributed by atoms with Crippen LogP contribution in [0, 0.1) is 17.8 Å². The Kier molecular flexibility index (Phi) is 3.52. The summed E-state index contributed by atoms with van der Waals surface area (Å²) in [5.41, 5.74) is 0. The van der Waals surface area contributed by atoms with E-state index >= 15 is 0 Å². The van der Waals surface area contributed by atoms with Crippen LogP contribution in [0.15, 0.2) is 12.2 Å². The van der Waals surface area contributed by atoms with E-state index in [9.17, 15) is 4.79 Å². The molecule has 0 bridgehead atoms. The van der Waals surface area contributed by atoms with E-state index in [1.54, 1.807) is 0 Å². The van der Waals surface area contributed by atoms with Gasteiger partial charge in [-0.15, -0.1) is 0 Å². The fraction of sp³-hybridized carbons (Fsp3) is 0.727. The molecule has 13 heavy (non-hydrogen) atoms. The summed E-state index contributed by atoms with van der Waals surface area (Å²) >= 11 is 0. The topological polar surface area (TPSA) is 37.3 Å². The first-order valence-electron chi connectivity index (χ1n) is 5.04. The Morgan fingerprint density at radius 3 is 2.69 bits per heavy atom. The van der Waals surface area contributed by atoms with Gasteiger partial charge in [0.05, 0.1) is 5.92 Å². The van der Waals surface area contributed by atoms with Gasteiger partial charge in [0.2, 0.25) is 0 Å². The van der Waals surface area contributed by atoms with Gasteiger partial charge in [0.25, 0.3) is 0 Å². The zero-order valence-electron chi connectivity index (χ0n) is 8.36. The molecule has 0 heterocycles. The first-order chi connectivity index (χ1) is 6.16. The molecule has 0 aromatic rings. The molecule has 0 saturated carbocycles. The van der Waals surface area contributed by atoms with Crippen LogP contribution in [0.1, 0.15) is 33.1 Å². The second-order valence-corrected chi connectivity index (χ2v) is 3.94. The smallest absolute Gasteiger partial charge is 0.307 e. The summed E-state index contributed by atoms with van der Waals surface area (Å²) in [4.78, 5) is 11.0. The molecule has 1 N–H and O–H groups in total. The third-order valence-corrected chi connectivity index (χ3v) is 3.17. The Bertz CT molecular complexity index is 208. The van der Waals surface area contributed by atoms with Gasteiger partial charge in [0.15, 0.2) is 0 Å². The van der Waals surface area contributed by atoms with Gasteiger partial charge < -0.3 is 5.11 Å². The summed E-state index contributed by atoms with van der Waals surface area (Å²) in [6.45, 7) is 4.28. The fourth-order valence-corrected chi connectivity index (χ4v) is 2.05. The molecule has 1 aliphatic carbocycles. The minimum atomic E-state index is -0.630. The zero-order chi connectivity index (χ0) is 9.84. The van der Waals surface area contributed by atoms with Crippen LogP contribution >= 0.6 is 0 Å². The van der Waals surface area contributed by atoms with Crippen molar-refractivity contribution in [1.29, 1.82) is 0 Å². The van der Waals surface area contributed by atoms with Crippen LogP contribution in [0.3, 0.4) is 0 Å². The molecule has 0 aromatic heterocycles. The van der Waals surface area contributed by atoms with Crippen LogP contribution in [0.2, 0.25) is 0 Å². The van der Waals surface area contributed by atoms with Crippen LogP contribution in [-0.2, 0) is 4.79 Å². The highest BCUT2D eigenvalue weighted by Gasteiger charge is 2.31. The summed E-state index contributed by atoms with van der Waals surface area (Å²) in [5.74, 6) is 0.0770. The van der Waals surface area contributed by atoms with E-state index in [0.29, 0.717) is 18.3 Å². The molecule has 1 unspecified atom stereocenters. The van der Waals surface area contributed by atoms with Crippen molar-refractivity contribution in [3.63, 3.8) is 0 Å². The number of carbonyl (C=O) groups is 1. The van der Waals surface area contributed by atoms with E-state index in [2.05, 4.69) is 19.9 Å². The average molecular weight is 182 g/mol. The van der Waals surface area contributed by atoms with E-state index in [4.69, 9.17) is 5.11 Å². The third-order valence-electron chi connectivity index (χ3n) is 3.17. The first-order valence-corrected chi connectivity index (χ1v) is 5.04. The number of carboxylic acids is 1. The summed E-state index contributed by atoms with van der Waals surface area (Å²) in [6.07, 6.45) is 6.84. The number of rotatable bonds is 3. The van der Waals surface area contributed by atoms with Crippen molar-refractivity contribution in [3.8, 4) is 0 Å². The fourth-order valence-electron chi connectivity index (χ4n) is 2.05. The van der Waals surface area contributed by atoms with Crippen molar-refractivity contribution in [2.75, 3.05) is 0 Å². The average Bonchev–Trinajstić information content (AvgIpc) is 2.16. The Morgan fingerprint density at radius 1 is 1.54 bits per heavy atom. The maximum atomic E-state index is 11.0. The summed E-state index contributed by atoms with van der Waals surface area (Å²) in [7, 11) is 0. The van der Waals surface area contributed by atoms with Gasteiger partial charge >= 0.3 is 5.97 Å². The van der Waals surface area contributed by atoms with E-state index in [1.165, 1.54) is 0 Å². The molecule has 0 aromatic carbocycles. The minimum Gasteiger partial charge on any atom is -0.481 e. The van der Waals surface area contributed by atoms with Crippen LogP contribution in [0.25, 0.3) is 0 Å². The molecule has 3 atom stereocenters. The standard InChI is InChI=1S/C11H18O2/c1-3-8(2)9-6-4-5-7-10(9)11(12)13/h4-5,8-10H,3,6-7H2,1-2H3,(H,12,13)/t8?,9-,10-/m1/s1. The monoisotopic (exact) mass is 182 g/mol. The highest BCUT2D eigenvalue weighted by atomic mass is 16.4. The van der Waals surface area contributed by atoms with Gasteiger partial charge in [0.1, 0.15) is 0 Å². The van der Waals surface area contributed by atoms with Crippen LogP contribution in [0.4, 0.5) is 0 Å². The molecule has 1 aliphatic rings. The Morgan fingerprint density at radius 2 is 2.15 bits per heavy atom. The predicted octanol–water partition coefficient (Wildman–Crippen LogP) is 2.70. The Balaban J connectivity index is 2.69. The van der Waals surface area contributed by atoms with Crippen molar-refractivity contribution in [2.24, 2.45) is 17.8 Å². The number of hydrogen-bond donors (Lipinski definition) is 1. The normalized spacial score (nSPS) is 30.0. The summed E-state index contributed by atoms with van der Waals surface area (Å²) in [6, 6.07) is 0. The van der Waals surface area contributed by atoms with E-state index in [1.807, 2.05) is 6.08 Å². The summed E-state index contributed by atoms with van der Waals surface area (Å²) < 4.78 is 0. The van der Waals surface area contributed by atoms with Crippen molar-refractivity contribution >= 4 is 5.97 Å². The lowest BCUT2D eigenvalue weighted by atomic mass is 9.75. The lowest BCUT2D eigenvalue weighted by Gasteiger charge is -2.29. The highest BCUT2D eigenvalue weighted by molar-refractivity contribution is 5.70. The number of aliphatic carboxylic acids is 1. The van der Waals surface area contributed by atoms with Crippen molar-refractivity contribution in [3.05, 3.63) is 12.2 Å². The minimum absolute atomic E-state index is 0.153. The second-order valence-electron chi connectivity index (χ2n) is 3.94. The maximum absolute atomic E-state index is 11.0. The molecule has 0 spiro atoms. The van der Waals surface area contributed by atoms with Crippen LogP contribution in [0.5, 0.6) is 0 Å². The van der Waals surface area contributed by atoms with Gasteiger partial charge in [0, 0.05) is 0 Å². The van der Waals surface area contributed by atoms with Gasteiger partial charge in [-0.1, -0.05) is 32.4 Å². The van der Waals surface area contributed by atoms with Crippen LogP contribution in [-0.4, -0.2) is 11.1 Å². The van der Waals surface area contributed by atoms with E-state index in [0.717, 1.165) is 12.8 Å². The molecule has 2 nitrogen and oxygen atoms in total. The number of allylic oxidation sites excluding steroid dienone is 2. The molecular formula is C11H18O2. The lowest BCUT2D eigenvalue weighted by molar-refractivity contribution is -0.144. The SMILES string of the molecule is CCC(C)[C@H]1CC=CC[C@H]1C(=O)O. The molecule has 74 valence electrons. The second kappa shape index (κ2) is 4.45. The van der Waals surface area contributed by atoms with Gasteiger partial charge in [-0.3, -0.25) is 4.79 Å². The summed E-state index contributed by atoms with van der Waals surface area (Å²) in [5, 5.41) is 9.02. The molecule has 0 amide bonds. The van der Waals surface area contributed by atoms with E-state index in [-0.39, 0.29) is 5.92 Å². The Labute approximate surface area is 79.6 Å². The van der Waals surface area contributed by atoms with Gasteiger partial charge in [-0.05, 0) is 24.7 Å². The third kappa shape index (κ3) is 2.33. The predicted molar refractivity (Wildman–Crippen MR) is 52.4 cm³/mol. The quantitative estimate of drug-likeness (QED) is 0.681. The first kappa shape index (κ1) is 10.3. The maximum Gasteiger partial charge on any atom is 0.307 e. The molecule has 0 fully saturated rings. The van der Waals surface area contributed by atoms with Crippen molar-refractivity contribution in [2.45, 2.75) is 33.1 Å². The zero-order valence-corrected chi connectivity index (χ0v) is 8.36. The molecule has 0 aliphatic heterocycles. The molecule has 1 rings (SSSR count). The van der Waals surface area contributed by atoms with Gasteiger partial charge in [-0.25, -0.2) is 0 Å². The Hall–Kier alpha value is -0.790. The molecular weight excluding hydrogens is 164 g/mol. The number of hydrogen-bond acceptors (Lipinski definition) is 1. The molecule has 0 saturated heterocycles. The number of carboxylic acid groups (broad SMARTS) is 1. The van der Waals surface area contributed by atoms with Crippen LogP contribution < -0.4 is 0 Å². The van der Waals surface area contributed by atoms with Gasteiger partial charge in [-0.2, -0.15) is 0 Å². The highest BCUT2D eigenvalue weighted by Crippen LogP contribution is 2.33. The van der Waals surface area contributed by atoms with Crippen molar-refractivity contribution in [1.82, 2.24) is 0 Å². The van der Waals surface area contributed by atoms with E-state index < -0.39 is 5.97 Å². The molecule has 0 radical (unpaired) electrons.